The predicted octanol–water partition coefficient (Wildman–Crippen LogP) is 0.500. The van der Waals surface area contributed by atoms with Gasteiger partial charge in [-0.1, -0.05) is 6.42 Å². The maximum absolute atomic E-state index is 13.2. The van der Waals surface area contributed by atoms with Gasteiger partial charge in [0.15, 0.2) is 0 Å². The summed E-state index contributed by atoms with van der Waals surface area (Å²) in [5, 5.41) is 0.345. The molecule has 2 aliphatic heterocycles. The zero-order valence-corrected chi connectivity index (χ0v) is 17.0. The van der Waals surface area contributed by atoms with Gasteiger partial charge in [-0.3, -0.25) is 13.9 Å². The fourth-order valence-corrected chi connectivity index (χ4v) is 6.11. The molecule has 2 saturated heterocycles. The van der Waals surface area contributed by atoms with Crippen molar-refractivity contribution in [3.63, 3.8) is 0 Å². The molecule has 4 heterocycles. The second-order valence-electron chi connectivity index (χ2n) is 7.55. The molecular weight excluding hydrogens is 382 g/mol. The summed E-state index contributed by atoms with van der Waals surface area (Å²) in [5.74, 6) is 0. The molecule has 0 saturated carbocycles. The summed E-state index contributed by atoms with van der Waals surface area (Å²) < 4.78 is 31.8. The summed E-state index contributed by atoms with van der Waals surface area (Å²) in [7, 11) is -0.549. The molecule has 2 fully saturated rings. The van der Waals surface area contributed by atoms with Crippen LogP contribution in [0.4, 0.5) is 0 Å². The van der Waals surface area contributed by atoms with Crippen molar-refractivity contribution in [1.82, 2.24) is 22.7 Å². The van der Waals surface area contributed by atoms with Gasteiger partial charge in [-0.05, 0) is 37.8 Å². The van der Waals surface area contributed by atoms with Gasteiger partial charge in [0.2, 0.25) is 0 Å². The molecule has 0 radical (unpaired) electrons. The van der Waals surface area contributed by atoms with Crippen LogP contribution in [0.25, 0.3) is 11.0 Å². The summed E-state index contributed by atoms with van der Waals surface area (Å²) in [6.07, 6.45) is 4.17. The Morgan fingerprint density at radius 1 is 0.964 bits per heavy atom. The molecule has 1 atom stereocenters. The lowest BCUT2D eigenvalue weighted by atomic mass is 10.0. The van der Waals surface area contributed by atoms with E-state index in [-0.39, 0.29) is 11.7 Å². The van der Waals surface area contributed by atoms with Crippen LogP contribution in [0.3, 0.4) is 0 Å². The van der Waals surface area contributed by atoms with Crippen molar-refractivity contribution >= 4 is 21.2 Å². The average molecular weight is 407 g/mol. The van der Waals surface area contributed by atoms with E-state index in [9.17, 15) is 18.0 Å². The summed E-state index contributed by atoms with van der Waals surface area (Å²) in [5.41, 5.74) is 0.0163. The third-order valence-corrected chi connectivity index (χ3v) is 7.85. The van der Waals surface area contributed by atoms with E-state index in [1.807, 2.05) is 0 Å². The number of nitrogens with zero attached hydrogens (tertiary/aromatic N) is 5. The zero-order chi connectivity index (χ0) is 20.1. The van der Waals surface area contributed by atoms with E-state index < -0.39 is 21.5 Å². The molecule has 10 heteroatoms. The molecular formula is C18H25N5O4S. The van der Waals surface area contributed by atoms with Crippen LogP contribution in [0.2, 0.25) is 0 Å². The van der Waals surface area contributed by atoms with E-state index in [4.69, 9.17) is 0 Å². The second kappa shape index (κ2) is 7.09. The number of aryl methyl sites for hydroxylation is 1. The van der Waals surface area contributed by atoms with Crippen molar-refractivity contribution in [2.24, 2.45) is 14.1 Å². The number of hydrogen-bond acceptors (Lipinski definition) is 5. The van der Waals surface area contributed by atoms with Crippen LogP contribution >= 0.6 is 0 Å². The smallest absolute Gasteiger partial charge is 0.280 e. The van der Waals surface area contributed by atoms with Crippen LogP contribution < -0.4 is 11.2 Å². The van der Waals surface area contributed by atoms with Gasteiger partial charge in [0.1, 0.15) is 5.65 Å². The van der Waals surface area contributed by atoms with Crippen LogP contribution in [0.5, 0.6) is 0 Å². The van der Waals surface area contributed by atoms with Crippen LogP contribution in [0.1, 0.15) is 43.8 Å². The fourth-order valence-electron chi connectivity index (χ4n) is 4.20. The SMILES string of the molecule is Cn1c(=O)c2ccc([C@@H]3CCCCN3S(=O)(=O)N3CCCC3)nc2n(C)c1=O. The van der Waals surface area contributed by atoms with Crippen LogP contribution in [-0.4, -0.2) is 50.8 Å². The molecule has 2 aliphatic rings. The Balaban J connectivity index is 1.81. The normalized spacial score (nSPS) is 22.1. The quantitative estimate of drug-likeness (QED) is 0.738. The molecule has 9 nitrogen and oxygen atoms in total. The highest BCUT2D eigenvalue weighted by molar-refractivity contribution is 7.86. The zero-order valence-electron chi connectivity index (χ0n) is 16.2. The highest BCUT2D eigenvalue weighted by Gasteiger charge is 2.38. The second-order valence-corrected chi connectivity index (χ2v) is 9.43. The number of piperidine rings is 1. The summed E-state index contributed by atoms with van der Waals surface area (Å²) in [6, 6.07) is 2.98. The summed E-state index contributed by atoms with van der Waals surface area (Å²) in [6.45, 7) is 1.57. The van der Waals surface area contributed by atoms with Crippen molar-refractivity contribution in [3.05, 3.63) is 38.7 Å². The fraction of sp³-hybridized carbons (Fsp3) is 0.611. The van der Waals surface area contributed by atoms with Gasteiger partial charge in [0, 0.05) is 33.7 Å². The number of pyridine rings is 1. The molecule has 0 unspecified atom stereocenters. The maximum atomic E-state index is 13.2. The summed E-state index contributed by atoms with van der Waals surface area (Å²) >= 11 is 0. The molecule has 0 spiro atoms. The van der Waals surface area contributed by atoms with Crippen molar-refractivity contribution in [2.45, 2.75) is 38.1 Å². The standard InChI is InChI=1S/C18H25N5O4S/c1-20-16-13(17(24)21(2)18(20)25)8-9-14(19-16)15-7-3-4-12-23(15)28(26,27)22-10-5-6-11-22/h8-9,15H,3-7,10-12H2,1-2H3/t15-/m0/s1. The van der Waals surface area contributed by atoms with Crippen molar-refractivity contribution < 1.29 is 8.42 Å². The Labute approximate surface area is 163 Å². The molecule has 4 rings (SSSR count). The van der Waals surface area contributed by atoms with Crippen LogP contribution in [0, 0.1) is 0 Å². The summed E-state index contributed by atoms with van der Waals surface area (Å²) in [4.78, 5) is 29.2. The largest absolute Gasteiger partial charge is 0.332 e. The highest BCUT2D eigenvalue weighted by atomic mass is 32.2. The van der Waals surface area contributed by atoms with E-state index in [0.717, 1.165) is 30.3 Å². The molecule has 2 aromatic heterocycles. The minimum atomic E-state index is -3.55. The van der Waals surface area contributed by atoms with E-state index >= 15 is 0 Å². The van der Waals surface area contributed by atoms with E-state index in [2.05, 4.69) is 4.98 Å². The van der Waals surface area contributed by atoms with E-state index in [0.29, 0.717) is 37.1 Å². The lowest BCUT2D eigenvalue weighted by molar-refractivity contribution is 0.235. The van der Waals surface area contributed by atoms with Crippen LogP contribution in [-0.2, 0) is 24.3 Å². The Hall–Kier alpha value is -2.04. The van der Waals surface area contributed by atoms with Crippen molar-refractivity contribution in [1.29, 1.82) is 0 Å². The minimum absolute atomic E-state index is 0.287. The van der Waals surface area contributed by atoms with Crippen molar-refractivity contribution in [3.8, 4) is 0 Å². The third kappa shape index (κ3) is 2.99. The Kier molecular flexibility index (Phi) is 4.88. The predicted molar refractivity (Wildman–Crippen MR) is 105 cm³/mol. The molecule has 0 aliphatic carbocycles. The number of rotatable bonds is 3. The molecule has 0 bridgehead atoms. The van der Waals surface area contributed by atoms with Crippen molar-refractivity contribution in [2.75, 3.05) is 19.6 Å². The average Bonchev–Trinajstić information content (AvgIpc) is 3.26. The first-order valence-corrected chi connectivity index (χ1v) is 11.1. The van der Waals surface area contributed by atoms with Gasteiger partial charge in [-0.15, -0.1) is 0 Å². The van der Waals surface area contributed by atoms with E-state index in [1.54, 1.807) is 27.8 Å². The molecule has 152 valence electrons. The molecule has 2 aromatic rings. The Morgan fingerprint density at radius 2 is 1.64 bits per heavy atom. The highest BCUT2D eigenvalue weighted by Crippen LogP contribution is 2.34. The third-order valence-electron chi connectivity index (χ3n) is 5.81. The van der Waals surface area contributed by atoms with Gasteiger partial charge in [0.05, 0.1) is 17.1 Å². The van der Waals surface area contributed by atoms with Gasteiger partial charge in [0.25, 0.3) is 15.8 Å². The molecule has 0 amide bonds. The number of aromatic nitrogens is 3. The van der Waals surface area contributed by atoms with Gasteiger partial charge < -0.3 is 0 Å². The first-order chi connectivity index (χ1) is 13.3. The van der Waals surface area contributed by atoms with Crippen LogP contribution in [0.15, 0.2) is 21.7 Å². The Bertz CT molecular complexity index is 1130. The first-order valence-electron chi connectivity index (χ1n) is 9.66. The van der Waals surface area contributed by atoms with Gasteiger partial charge in [-0.25, -0.2) is 9.78 Å². The monoisotopic (exact) mass is 407 g/mol. The first kappa shape index (κ1) is 19.3. The molecule has 0 aromatic carbocycles. The maximum Gasteiger partial charge on any atom is 0.332 e. The minimum Gasteiger partial charge on any atom is -0.280 e. The Morgan fingerprint density at radius 3 is 2.36 bits per heavy atom. The van der Waals surface area contributed by atoms with E-state index in [1.165, 1.54) is 11.6 Å². The molecule has 0 N–H and O–H groups in total. The van der Waals surface area contributed by atoms with Gasteiger partial charge >= 0.3 is 5.69 Å². The number of hydrogen-bond donors (Lipinski definition) is 0. The topological polar surface area (TPSA) is 97.5 Å². The number of fused-ring (bicyclic) bond motifs is 1. The van der Waals surface area contributed by atoms with Gasteiger partial charge in [-0.2, -0.15) is 17.0 Å². The lowest BCUT2D eigenvalue weighted by Crippen LogP contribution is -2.46. The molecule has 28 heavy (non-hydrogen) atoms. The lowest BCUT2D eigenvalue weighted by Gasteiger charge is -2.36.